The van der Waals surface area contributed by atoms with Crippen LogP contribution in [0.5, 0.6) is 0 Å². The van der Waals surface area contributed by atoms with Crippen LogP contribution in [0.15, 0.2) is 24.3 Å². The van der Waals surface area contributed by atoms with Crippen molar-refractivity contribution in [1.29, 1.82) is 5.41 Å². The van der Waals surface area contributed by atoms with Gasteiger partial charge in [0.25, 0.3) is 5.91 Å². The van der Waals surface area contributed by atoms with Gasteiger partial charge in [0, 0.05) is 11.3 Å². The third kappa shape index (κ3) is 2.55. The Morgan fingerprint density at radius 3 is 2.38 bits per heavy atom. The van der Waals surface area contributed by atoms with Crippen molar-refractivity contribution in [2.24, 2.45) is 5.73 Å². The molecule has 110 valence electrons. The van der Waals surface area contributed by atoms with Crippen LogP contribution < -0.4 is 10.6 Å². The molecule has 1 aromatic carbocycles. The molecular formula is C13H14N4O4. The second kappa shape index (κ2) is 5.23. The van der Waals surface area contributed by atoms with E-state index in [1.54, 1.807) is 24.3 Å². The Labute approximate surface area is 120 Å². The van der Waals surface area contributed by atoms with Crippen molar-refractivity contribution in [3.63, 3.8) is 0 Å². The summed E-state index contributed by atoms with van der Waals surface area (Å²) >= 11 is 0. The van der Waals surface area contributed by atoms with Crippen molar-refractivity contribution in [2.45, 2.75) is 13.0 Å². The molecule has 8 nitrogen and oxygen atoms in total. The normalized spacial score (nSPS) is 18.2. The van der Waals surface area contributed by atoms with E-state index in [0.29, 0.717) is 16.2 Å². The van der Waals surface area contributed by atoms with Crippen molar-refractivity contribution < 1.29 is 19.5 Å². The number of hydrogen-bond donors (Lipinski definition) is 3. The molecule has 2 rings (SSSR count). The van der Waals surface area contributed by atoms with E-state index in [1.165, 1.54) is 11.8 Å². The maximum Gasteiger partial charge on any atom is 0.332 e. The molecule has 1 aliphatic heterocycles. The summed E-state index contributed by atoms with van der Waals surface area (Å²) in [5, 5.41) is 16.1. The Hall–Kier alpha value is -2.90. The lowest BCUT2D eigenvalue weighted by atomic mass is 10.1. The van der Waals surface area contributed by atoms with Crippen LogP contribution in [-0.2, 0) is 9.59 Å². The molecule has 0 saturated carbocycles. The quantitative estimate of drug-likeness (QED) is 0.415. The monoisotopic (exact) mass is 290 g/mol. The summed E-state index contributed by atoms with van der Waals surface area (Å²) in [5.74, 6) is -1.92. The zero-order chi connectivity index (χ0) is 15.7. The number of nitrogens with two attached hydrogens (primary N) is 1. The Kier molecular flexibility index (Phi) is 3.62. The van der Waals surface area contributed by atoms with Gasteiger partial charge in [0.2, 0.25) is 0 Å². The van der Waals surface area contributed by atoms with Gasteiger partial charge in [0.1, 0.15) is 18.4 Å². The number of rotatable bonds is 4. The smallest absolute Gasteiger partial charge is 0.332 e. The third-order valence-electron chi connectivity index (χ3n) is 3.20. The van der Waals surface area contributed by atoms with Crippen molar-refractivity contribution in [3.05, 3.63) is 29.8 Å². The lowest BCUT2D eigenvalue weighted by Gasteiger charge is -2.19. The average molecular weight is 290 g/mol. The molecule has 0 aliphatic carbocycles. The first-order valence-corrected chi connectivity index (χ1v) is 6.13. The maximum atomic E-state index is 12.2. The maximum absolute atomic E-state index is 12.2. The van der Waals surface area contributed by atoms with Gasteiger partial charge in [-0.25, -0.2) is 4.79 Å². The van der Waals surface area contributed by atoms with E-state index in [-0.39, 0.29) is 5.84 Å². The number of hydrogen-bond acceptors (Lipinski definition) is 4. The van der Waals surface area contributed by atoms with Crippen LogP contribution in [-0.4, -0.2) is 46.3 Å². The molecule has 1 aliphatic rings. The molecule has 8 heteroatoms. The standard InChI is InChI=1S/C13H14N4O4/c1-7-12(20)16(6-10(18)19)13(21)17(7)9-4-2-8(3-5-9)11(14)15/h2-5,7H,6H2,1H3,(H3,14,15)(H,18,19)/t7-/m1/s1. The number of benzene rings is 1. The van der Waals surface area contributed by atoms with E-state index in [2.05, 4.69) is 0 Å². The predicted octanol–water partition coefficient (Wildman–Crippen LogP) is 0.212. The molecule has 1 saturated heterocycles. The molecule has 0 bridgehead atoms. The molecule has 3 amide bonds. The first-order chi connectivity index (χ1) is 9.82. The summed E-state index contributed by atoms with van der Waals surface area (Å²) in [6.07, 6.45) is 0. The summed E-state index contributed by atoms with van der Waals surface area (Å²) < 4.78 is 0. The molecular weight excluding hydrogens is 276 g/mol. The lowest BCUT2D eigenvalue weighted by molar-refractivity contribution is -0.141. The van der Waals surface area contributed by atoms with Crippen molar-refractivity contribution in [3.8, 4) is 0 Å². The fourth-order valence-electron chi connectivity index (χ4n) is 2.14. The van der Waals surface area contributed by atoms with Crippen LogP contribution in [0, 0.1) is 5.41 Å². The second-order valence-electron chi connectivity index (χ2n) is 4.61. The number of carbonyl (C=O) groups is 3. The van der Waals surface area contributed by atoms with E-state index in [9.17, 15) is 14.4 Å². The molecule has 1 heterocycles. The number of amides is 3. The van der Waals surface area contributed by atoms with Gasteiger partial charge in [-0.15, -0.1) is 0 Å². The average Bonchev–Trinajstić information content (AvgIpc) is 2.63. The molecule has 0 radical (unpaired) electrons. The number of nitrogen functional groups attached to an aromatic ring is 1. The van der Waals surface area contributed by atoms with Crippen LogP contribution in [0.2, 0.25) is 0 Å². The summed E-state index contributed by atoms with van der Waals surface area (Å²) in [5.41, 5.74) is 6.28. The summed E-state index contributed by atoms with van der Waals surface area (Å²) in [6.45, 7) is 0.866. The number of aliphatic carboxylic acids is 1. The van der Waals surface area contributed by atoms with Gasteiger partial charge in [-0.1, -0.05) is 0 Å². The third-order valence-corrected chi connectivity index (χ3v) is 3.20. The Morgan fingerprint density at radius 1 is 1.33 bits per heavy atom. The Bertz CT molecular complexity index is 626. The number of urea groups is 1. The topological polar surface area (TPSA) is 128 Å². The Balaban J connectivity index is 2.31. The predicted molar refractivity (Wildman–Crippen MR) is 74.1 cm³/mol. The molecule has 1 atom stereocenters. The molecule has 0 aromatic heterocycles. The van der Waals surface area contributed by atoms with Crippen molar-refractivity contribution >= 4 is 29.4 Å². The summed E-state index contributed by atoms with van der Waals surface area (Å²) in [6, 6.07) is 4.78. The molecule has 1 aromatic rings. The van der Waals surface area contributed by atoms with Gasteiger partial charge in [-0.05, 0) is 31.2 Å². The van der Waals surface area contributed by atoms with Crippen LogP contribution >= 0.6 is 0 Å². The van der Waals surface area contributed by atoms with Gasteiger partial charge < -0.3 is 10.8 Å². The molecule has 1 fully saturated rings. The molecule has 21 heavy (non-hydrogen) atoms. The number of amidine groups is 1. The van der Waals surface area contributed by atoms with Crippen molar-refractivity contribution in [1.82, 2.24) is 4.90 Å². The van der Waals surface area contributed by atoms with E-state index >= 15 is 0 Å². The van der Waals surface area contributed by atoms with Gasteiger partial charge in [0.05, 0.1) is 0 Å². The highest BCUT2D eigenvalue weighted by atomic mass is 16.4. The van der Waals surface area contributed by atoms with Crippen LogP contribution in [0.3, 0.4) is 0 Å². The molecule has 0 unspecified atom stereocenters. The largest absolute Gasteiger partial charge is 0.480 e. The zero-order valence-corrected chi connectivity index (χ0v) is 11.2. The van der Waals surface area contributed by atoms with Crippen LogP contribution in [0.1, 0.15) is 12.5 Å². The number of anilines is 1. The van der Waals surface area contributed by atoms with E-state index in [4.69, 9.17) is 16.2 Å². The van der Waals surface area contributed by atoms with Crippen LogP contribution in [0.25, 0.3) is 0 Å². The number of carboxylic acids is 1. The fourth-order valence-corrected chi connectivity index (χ4v) is 2.14. The zero-order valence-electron chi connectivity index (χ0n) is 11.2. The van der Waals surface area contributed by atoms with Crippen molar-refractivity contribution in [2.75, 3.05) is 11.4 Å². The van der Waals surface area contributed by atoms with Crippen LogP contribution in [0.4, 0.5) is 10.5 Å². The SMILES string of the molecule is C[C@@H]1C(=O)N(CC(=O)O)C(=O)N1c1ccc(C(=N)N)cc1. The second-order valence-corrected chi connectivity index (χ2v) is 4.61. The van der Waals surface area contributed by atoms with E-state index < -0.39 is 30.5 Å². The summed E-state index contributed by atoms with van der Waals surface area (Å²) in [7, 11) is 0. The minimum atomic E-state index is -1.25. The highest BCUT2D eigenvalue weighted by Crippen LogP contribution is 2.25. The van der Waals surface area contributed by atoms with Gasteiger partial charge in [-0.3, -0.25) is 24.8 Å². The minimum absolute atomic E-state index is 0.106. The molecule has 4 N–H and O–H groups in total. The number of carboxylic acid groups (broad SMARTS) is 1. The Morgan fingerprint density at radius 2 is 1.90 bits per heavy atom. The van der Waals surface area contributed by atoms with E-state index in [1.807, 2.05) is 0 Å². The minimum Gasteiger partial charge on any atom is -0.480 e. The first kappa shape index (κ1) is 14.5. The van der Waals surface area contributed by atoms with Gasteiger partial charge in [-0.2, -0.15) is 0 Å². The highest BCUT2D eigenvalue weighted by Gasteiger charge is 2.44. The lowest BCUT2D eigenvalue weighted by Crippen LogP contribution is -2.36. The molecule has 0 spiro atoms. The van der Waals surface area contributed by atoms with Gasteiger partial charge in [0.15, 0.2) is 0 Å². The number of carbonyl (C=O) groups excluding carboxylic acids is 2. The number of imide groups is 1. The van der Waals surface area contributed by atoms with Gasteiger partial charge >= 0.3 is 12.0 Å². The fraction of sp³-hybridized carbons (Fsp3) is 0.231. The highest BCUT2D eigenvalue weighted by molar-refractivity contribution is 6.15. The number of nitrogens with one attached hydrogen (secondary N) is 1. The first-order valence-electron chi connectivity index (χ1n) is 6.13. The number of nitrogens with zero attached hydrogens (tertiary/aromatic N) is 2. The summed E-state index contributed by atoms with van der Waals surface area (Å²) in [4.78, 5) is 36.8. The van der Waals surface area contributed by atoms with E-state index in [0.717, 1.165) is 0 Å².